The van der Waals surface area contributed by atoms with Gasteiger partial charge in [0, 0.05) is 19.8 Å². The summed E-state index contributed by atoms with van der Waals surface area (Å²) >= 11 is 4.07. The molecule has 1 N–H and O–H groups in total. The summed E-state index contributed by atoms with van der Waals surface area (Å²) < 4.78 is 10.1. The third-order valence-electron chi connectivity index (χ3n) is 11.1. The second kappa shape index (κ2) is 9.68. The standard InChI is InChI=1S/C28H45BrO5/c1-17(7-6-8-25(32)33-5)21-9-10-22-20-15-24(31)28(29)16-19(34-18(2)30)11-14-27(28,4)23(20)12-13-26(21,22)3/h17,19-24,31H,6-16H2,1-5H3/t17?,19-,20-,21+,22-,23-,24+,26+,27+,28-/m0/s1. The Morgan fingerprint density at radius 1 is 1.12 bits per heavy atom. The van der Waals surface area contributed by atoms with E-state index < -0.39 is 6.10 Å². The highest BCUT2D eigenvalue weighted by Crippen LogP contribution is 2.70. The fraction of sp³-hybridized carbons (Fsp3) is 0.929. The van der Waals surface area contributed by atoms with Crippen LogP contribution in [0, 0.1) is 40.4 Å². The molecule has 0 radical (unpaired) electrons. The maximum atomic E-state index is 11.6. The average Bonchev–Trinajstić information content (AvgIpc) is 3.12. The zero-order valence-electron chi connectivity index (χ0n) is 21.8. The minimum Gasteiger partial charge on any atom is -0.469 e. The van der Waals surface area contributed by atoms with Gasteiger partial charge in [-0.25, -0.2) is 0 Å². The van der Waals surface area contributed by atoms with Gasteiger partial charge in [0.05, 0.1) is 17.5 Å². The fourth-order valence-electron chi connectivity index (χ4n) is 9.38. The molecule has 0 saturated heterocycles. The molecule has 0 bridgehead atoms. The fourth-order valence-corrected chi connectivity index (χ4v) is 10.4. The lowest BCUT2D eigenvalue weighted by molar-refractivity contribution is -0.170. The summed E-state index contributed by atoms with van der Waals surface area (Å²) in [7, 11) is 1.47. The third kappa shape index (κ3) is 4.27. The number of aliphatic hydroxyl groups excluding tert-OH is 1. The predicted octanol–water partition coefficient (Wildman–Crippen LogP) is 6.04. The molecule has 0 aromatic carbocycles. The van der Waals surface area contributed by atoms with Crippen molar-refractivity contribution in [1.82, 2.24) is 0 Å². The van der Waals surface area contributed by atoms with Crippen LogP contribution < -0.4 is 0 Å². The lowest BCUT2D eigenvalue weighted by Crippen LogP contribution is -2.66. The molecule has 0 spiro atoms. The molecule has 0 aromatic heterocycles. The van der Waals surface area contributed by atoms with Crippen molar-refractivity contribution in [3.63, 3.8) is 0 Å². The van der Waals surface area contributed by atoms with Gasteiger partial charge in [0.2, 0.25) is 0 Å². The lowest BCUT2D eigenvalue weighted by atomic mass is 9.43. The van der Waals surface area contributed by atoms with Crippen LogP contribution in [0.3, 0.4) is 0 Å². The first-order chi connectivity index (χ1) is 16.0. The van der Waals surface area contributed by atoms with Gasteiger partial charge < -0.3 is 14.6 Å². The molecule has 1 unspecified atom stereocenters. The Bertz CT molecular complexity index is 787. The van der Waals surface area contributed by atoms with Crippen LogP contribution >= 0.6 is 15.9 Å². The highest BCUT2D eigenvalue weighted by Gasteiger charge is 2.67. The Labute approximate surface area is 214 Å². The number of fused-ring (bicyclic) bond motifs is 5. The number of alkyl halides is 1. The van der Waals surface area contributed by atoms with Crippen LogP contribution in [-0.4, -0.2) is 40.7 Å². The van der Waals surface area contributed by atoms with Gasteiger partial charge in [-0.1, -0.05) is 36.7 Å². The molecule has 0 aromatic rings. The molecule has 4 aliphatic carbocycles. The Morgan fingerprint density at radius 2 is 1.85 bits per heavy atom. The average molecular weight is 542 g/mol. The van der Waals surface area contributed by atoms with E-state index in [-0.39, 0.29) is 27.8 Å². The number of halogens is 1. The van der Waals surface area contributed by atoms with Gasteiger partial charge in [0.15, 0.2) is 0 Å². The van der Waals surface area contributed by atoms with Crippen molar-refractivity contribution in [1.29, 1.82) is 0 Å². The molecule has 4 saturated carbocycles. The first-order valence-corrected chi connectivity index (χ1v) is 14.4. The quantitative estimate of drug-likeness (QED) is 0.328. The van der Waals surface area contributed by atoms with Crippen molar-refractivity contribution < 1.29 is 24.2 Å². The Balaban J connectivity index is 1.49. The molecule has 4 aliphatic rings. The molecule has 4 fully saturated rings. The zero-order chi connectivity index (χ0) is 24.9. The SMILES string of the molecule is COC(=O)CCCC(C)[C@H]1CC[C@H]2[C@@H]3C[C@@H](O)[C@@]4(Br)C[C@@H](OC(C)=O)CC[C@]4(C)[C@H]3CC[C@]12C. The van der Waals surface area contributed by atoms with Crippen molar-refractivity contribution in [3.05, 3.63) is 0 Å². The first kappa shape index (κ1) is 26.4. The number of carbonyl (C=O) groups is 2. The first-order valence-electron chi connectivity index (χ1n) is 13.6. The van der Waals surface area contributed by atoms with Gasteiger partial charge in [-0.3, -0.25) is 9.59 Å². The lowest BCUT2D eigenvalue weighted by Gasteiger charge is -2.65. The van der Waals surface area contributed by atoms with Crippen LogP contribution in [-0.2, 0) is 19.1 Å². The molecule has 10 atom stereocenters. The molecule has 5 nitrogen and oxygen atoms in total. The van der Waals surface area contributed by atoms with Gasteiger partial charge in [-0.15, -0.1) is 0 Å². The number of ether oxygens (including phenoxy) is 2. The summed E-state index contributed by atoms with van der Waals surface area (Å²) in [4.78, 5) is 23.2. The van der Waals surface area contributed by atoms with Crippen molar-refractivity contribution in [2.75, 3.05) is 7.11 Å². The summed E-state index contributed by atoms with van der Waals surface area (Å²) in [6.45, 7) is 8.80. The van der Waals surface area contributed by atoms with E-state index in [1.807, 2.05) is 0 Å². The number of esters is 2. The highest BCUT2D eigenvalue weighted by molar-refractivity contribution is 9.10. The van der Waals surface area contributed by atoms with Crippen LogP contribution in [0.5, 0.6) is 0 Å². The second-order valence-electron chi connectivity index (χ2n) is 12.6. The van der Waals surface area contributed by atoms with Crippen LogP contribution in [0.4, 0.5) is 0 Å². The summed E-state index contributed by atoms with van der Waals surface area (Å²) in [5.41, 5.74) is 0.334. The van der Waals surface area contributed by atoms with Gasteiger partial charge in [-0.05, 0) is 98.2 Å². The van der Waals surface area contributed by atoms with Gasteiger partial charge in [-0.2, -0.15) is 0 Å². The van der Waals surface area contributed by atoms with Crippen LogP contribution in [0.15, 0.2) is 0 Å². The number of carbonyl (C=O) groups excluding carboxylic acids is 2. The molecule has 4 rings (SSSR count). The third-order valence-corrected chi connectivity index (χ3v) is 12.9. The molecule has 194 valence electrons. The van der Waals surface area contributed by atoms with E-state index in [1.54, 1.807) is 0 Å². The molecule has 6 heteroatoms. The summed E-state index contributed by atoms with van der Waals surface area (Å²) in [6, 6.07) is 0. The van der Waals surface area contributed by atoms with E-state index in [0.717, 1.165) is 32.1 Å². The molecule has 0 aliphatic heterocycles. The van der Waals surface area contributed by atoms with Crippen molar-refractivity contribution in [3.8, 4) is 0 Å². The van der Waals surface area contributed by atoms with Gasteiger partial charge >= 0.3 is 11.9 Å². The number of methoxy groups -OCH3 is 1. The number of aliphatic hydroxyl groups is 1. The second-order valence-corrected chi connectivity index (χ2v) is 14.0. The maximum absolute atomic E-state index is 11.6. The Kier molecular flexibility index (Phi) is 7.53. The number of rotatable bonds is 6. The monoisotopic (exact) mass is 540 g/mol. The normalized spacial score (nSPS) is 46.6. The summed E-state index contributed by atoms with van der Waals surface area (Å²) in [5.74, 6) is 2.79. The molecule has 0 heterocycles. The van der Waals surface area contributed by atoms with E-state index >= 15 is 0 Å². The van der Waals surface area contributed by atoms with Crippen molar-refractivity contribution in [2.45, 2.75) is 115 Å². The van der Waals surface area contributed by atoms with Gasteiger partial charge in [0.1, 0.15) is 6.10 Å². The largest absolute Gasteiger partial charge is 0.469 e. The topological polar surface area (TPSA) is 72.8 Å². The van der Waals surface area contributed by atoms with E-state index in [0.29, 0.717) is 47.8 Å². The number of hydrogen-bond donors (Lipinski definition) is 1. The summed E-state index contributed by atoms with van der Waals surface area (Å²) in [5, 5.41) is 11.6. The van der Waals surface area contributed by atoms with Crippen LogP contribution in [0.25, 0.3) is 0 Å². The minimum atomic E-state index is -0.420. The zero-order valence-corrected chi connectivity index (χ0v) is 23.4. The predicted molar refractivity (Wildman–Crippen MR) is 135 cm³/mol. The van der Waals surface area contributed by atoms with E-state index in [4.69, 9.17) is 9.47 Å². The van der Waals surface area contributed by atoms with E-state index in [1.165, 1.54) is 39.7 Å². The van der Waals surface area contributed by atoms with Crippen LogP contribution in [0.1, 0.15) is 98.3 Å². The van der Waals surface area contributed by atoms with E-state index in [9.17, 15) is 14.7 Å². The molecular weight excluding hydrogens is 496 g/mol. The molecular formula is C28H45BrO5. The van der Waals surface area contributed by atoms with Crippen LogP contribution in [0.2, 0.25) is 0 Å². The smallest absolute Gasteiger partial charge is 0.305 e. The Morgan fingerprint density at radius 3 is 2.53 bits per heavy atom. The molecule has 34 heavy (non-hydrogen) atoms. The summed E-state index contributed by atoms with van der Waals surface area (Å²) in [6.07, 6.45) is 10.4. The van der Waals surface area contributed by atoms with Crippen molar-refractivity contribution in [2.24, 2.45) is 40.4 Å². The van der Waals surface area contributed by atoms with Gasteiger partial charge in [0.25, 0.3) is 0 Å². The maximum Gasteiger partial charge on any atom is 0.305 e. The van der Waals surface area contributed by atoms with E-state index in [2.05, 4.69) is 36.7 Å². The molecule has 0 amide bonds. The minimum absolute atomic E-state index is 0.0114. The Hall–Kier alpha value is -0.620. The highest BCUT2D eigenvalue weighted by atomic mass is 79.9. The van der Waals surface area contributed by atoms with Crippen molar-refractivity contribution >= 4 is 27.9 Å². The number of hydrogen-bond acceptors (Lipinski definition) is 5.